The first kappa shape index (κ1) is 14.6. The van der Waals surface area contributed by atoms with Crippen LogP contribution >= 0.6 is 11.9 Å². The van der Waals surface area contributed by atoms with Crippen molar-refractivity contribution < 1.29 is 0 Å². The van der Waals surface area contributed by atoms with E-state index in [4.69, 9.17) is 0 Å². The van der Waals surface area contributed by atoms with Gasteiger partial charge in [-0.2, -0.15) is 0 Å². The Balaban J connectivity index is 0.000000686. The summed E-state index contributed by atoms with van der Waals surface area (Å²) in [7, 11) is 0. The van der Waals surface area contributed by atoms with Crippen LogP contribution in [-0.2, 0) is 0 Å². The van der Waals surface area contributed by atoms with Crippen molar-refractivity contribution in [3.63, 3.8) is 0 Å². The molecule has 0 aromatic heterocycles. The predicted octanol–water partition coefficient (Wildman–Crippen LogP) is 3.31. The fourth-order valence-electron chi connectivity index (χ4n) is 1.82. The predicted molar refractivity (Wildman–Crippen MR) is 77.2 cm³/mol. The van der Waals surface area contributed by atoms with Gasteiger partial charge in [-0.15, -0.1) is 0 Å². The average Bonchev–Trinajstić information content (AvgIpc) is 2.43. The van der Waals surface area contributed by atoms with Gasteiger partial charge in [-0.3, -0.25) is 4.72 Å². The zero-order valence-electron chi connectivity index (χ0n) is 10.9. The van der Waals surface area contributed by atoms with Crippen molar-refractivity contribution in [2.45, 2.75) is 31.6 Å². The molecule has 0 unspecified atom stereocenters. The van der Waals surface area contributed by atoms with Gasteiger partial charge in [0, 0.05) is 11.4 Å². The van der Waals surface area contributed by atoms with Crippen LogP contribution in [0.3, 0.4) is 0 Å². The summed E-state index contributed by atoms with van der Waals surface area (Å²) in [6.07, 6.45) is 2.62. The SMILES string of the molecule is CC.c1ccc(SNCC2CCNCC2)cc1. The molecule has 0 bridgehead atoms. The third-order valence-electron chi connectivity index (χ3n) is 2.76. The van der Waals surface area contributed by atoms with Crippen LogP contribution in [0.2, 0.25) is 0 Å². The fourth-order valence-corrected chi connectivity index (χ4v) is 2.60. The van der Waals surface area contributed by atoms with Gasteiger partial charge in [0.05, 0.1) is 0 Å². The van der Waals surface area contributed by atoms with E-state index < -0.39 is 0 Å². The Morgan fingerprint density at radius 3 is 2.47 bits per heavy atom. The van der Waals surface area contributed by atoms with Gasteiger partial charge in [-0.25, -0.2) is 0 Å². The summed E-state index contributed by atoms with van der Waals surface area (Å²) in [6.45, 7) is 7.49. The Kier molecular flexibility index (Phi) is 8.14. The summed E-state index contributed by atoms with van der Waals surface area (Å²) in [5.74, 6) is 0.850. The van der Waals surface area contributed by atoms with Crippen LogP contribution in [0.4, 0.5) is 0 Å². The smallest absolute Gasteiger partial charge is 0.0228 e. The maximum atomic E-state index is 3.46. The molecule has 0 aliphatic carbocycles. The van der Waals surface area contributed by atoms with Crippen LogP contribution in [0, 0.1) is 5.92 Å². The number of hydrogen-bond donors (Lipinski definition) is 2. The van der Waals surface area contributed by atoms with Gasteiger partial charge < -0.3 is 5.32 Å². The molecular formula is C14H24N2S. The Hall–Kier alpha value is -0.510. The summed E-state index contributed by atoms with van der Waals surface area (Å²) in [6, 6.07) is 10.5. The monoisotopic (exact) mass is 252 g/mol. The largest absolute Gasteiger partial charge is 0.317 e. The van der Waals surface area contributed by atoms with Crippen LogP contribution in [0.5, 0.6) is 0 Å². The van der Waals surface area contributed by atoms with Crippen molar-refractivity contribution in [2.75, 3.05) is 19.6 Å². The van der Waals surface area contributed by atoms with Crippen LogP contribution in [0.25, 0.3) is 0 Å². The van der Waals surface area contributed by atoms with E-state index in [1.54, 1.807) is 11.9 Å². The second-order valence-electron chi connectivity index (χ2n) is 3.96. The standard InChI is InChI=1S/C12H18N2S.C2H6/c1-2-4-12(5-3-1)15-14-10-11-6-8-13-9-7-11;1-2/h1-5,11,13-14H,6-10H2;1-2H3. The molecule has 0 spiro atoms. The molecule has 0 saturated carbocycles. The van der Waals surface area contributed by atoms with E-state index in [0.29, 0.717) is 0 Å². The fraction of sp³-hybridized carbons (Fsp3) is 0.571. The van der Waals surface area contributed by atoms with E-state index in [-0.39, 0.29) is 0 Å². The van der Waals surface area contributed by atoms with Crippen LogP contribution in [0.15, 0.2) is 35.2 Å². The van der Waals surface area contributed by atoms with Crippen molar-refractivity contribution >= 4 is 11.9 Å². The normalized spacial score (nSPS) is 16.1. The molecule has 1 aliphatic rings. The molecule has 2 nitrogen and oxygen atoms in total. The number of hydrogen-bond acceptors (Lipinski definition) is 3. The topological polar surface area (TPSA) is 24.1 Å². The minimum Gasteiger partial charge on any atom is -0.317 e. The molecule has 1 saturated heterocycles. The molecule has 2 N–H and O–H groups in total. The Labute approximate surface area is 110 Å². The zero-order chi connectivity index (χ0) is 12.3. The lowest BCUT2D eigenvalue weighted by molar-refractivity contribution is 0.376. The highest BCUT2D eigenvalue weighted by atomic mass is 32.2. The summed E-state index contributed by atoms with van der Waals surface area (Å²) in [5.41, 5.74) is 0. The van der Waals surface area contributed by atoms with E-state index >= 15 is 0 Å². The van der Waals surface area contributed by atoms with E-state index in [9.17, 15) is 0 Å². The van der Waals surface area contributed by atoms with Crippen molar-refractivity contribution in [2.24, 2.45) is 5.92 Å². The second kappa shape index (κ2) is 9.51. The third kappa shape index (κ3) is 6.10. The van der Waals surface area contributed by atoms with Gasteiger partial charge >= 0.3 is 0 Å². The Bertz CT molecular complexity index is 271. The molecule has 3 heteroatoms. The van der Waals surface area contributed by atoms with Crippen LogP contribution < -0.4 is 10.0 Å². The molecule has 1 aromatic rings. The van der Waals surface area contributed by atoms with Crippen molar-refractivity contribution in [3.05, 3.63) is 30.3 Å². The lowest BCUT2D eigenvalue weighted by Crippen LogP contribution is -2.31. The van der Waals surface area contributed by atoms with Gasteiger partial charge in [-0.1, -0.05) is 32.0 Å². The van der Waals surface area contributed by atoms with Gasteiger partial charge in [-0.05, 0) is 55.9 Å². The minimum atomic E-state index is 0.850. The van der Waals surface area contributed by atoms with Gasteiger partial charge in [0.1, 0.15) is 0 Å². The van der Waals surface area contributed by atoms with Crippen molar-refractivity contribution in [3.8, 4) is 0 Å². The molecule has 1 aromatic carbocycles. The zero-order valence-corrected chi connectivity index (χ0v) is 11.7. The first-order chi connectivity index (χ1) is 8.45. The molecule has 1 heterocycles. The third-order valence-corrected chi connectivity index (χ3v) is 3.58. The number of benzene rings is 1. The summed E-state index contributed by atoms with van der Waals surface area (Å²) in [4.78, 5) is 1.30. The molecule has 0 amide bonds. The minimum absolute atomic E-state index is 0.850. The molecule has 0 atom stereocenters. The molecule has 2 rings (SSSR count). The number of nitrogens with one attached hydrogen (secondary N) is 2. The second-order valence-corrected chi connectivity index (χ2v) is 4.92. The molecule has 1 fully saturated rings. The van der Waals surface area contributed by atoms with Crippen LogP contribution in [0.1, 0.15) is 26.7 Å². The van der Waals surface area contributed by atoms with Gasteiger partial charge in [0.2, 0.25) is 0 Å². The highest BCUT2D eigenvalue weighted by molar-refractivity contribution is 7.97. The first-order valence-corrected chi connectivity index (χ1v) is 7.42. The summed E-state index contributed by atoms with van der Waals surface area (Å²) in [5, 5.41) is 3.39. The van der Waals surface area contributed by atoms with Crippen molar-refractivity contribution in [1.29, 1.82) is 0 Å². The van der Waals surface area contributed by atoms with E-state index in [1.165, 1.54) is 30.8 Å². The van der Waals surface area contributed by atoms with Gasteiger partial charge in [0.15, 0.2) is 0 Å². The molecule has 1 aliphatic heterocycles. The van der Waals surface area contributed by atoms with Crippen molar-refractivity contribution in [1.82, 2.24) is 10.0 Å². The summed E-state index contributed by atoms with van der Waals surface area (Å²) < 4.78 is 3.46. The van der Waals surface area contributed by atoms with Gasteiger partial charge in [0.25, 0.3) is 0 Å². The molecule has 0 radical (unpaired) electrons. The number of piperidine rings is 1. The molecule has 96 valence electrons. The average molecular weight is 252 g/mol. The molecular weight excluding hydrogens is 228 g/mol. The quantitative estimate of drug-likeness (QED) is 0.804. The lowest BCUT2D eigenvalue weighted by atomic mass is 9.99. The maximum Gasteiger partial charge on any atom is 0.0228 e. The van der Waals surface area contributed by atoms with E-state index in [0.717, 1.165) is 12.5 Å². The Morgan fingerprint density at radius 1 is 1.18 bits per heavy atom. The van der Waals surface area contributed by atoms with Crippen LogP contribution in [-0.4, -0.2) is 19.6 Å². The van der Waals surface area contributed by atoms with E-state index in [2.05, 4.69) is 40.4 Å². The molecule has 17 heavy (non-hydrogen) atoms. The highest BCUT2D eigenvalue weighted by Gasteiger charge is 2.11. The summed E-state index contributed by atoms with van der Waals surface area (Å²) >= 11 is 1.74. The maximum absolute atomic E-state index is 3.46. The lowest BCUT2D eigenvalue weighted by Gasteiger charge is -2.22. The first-order valence-electron chi connectivity index (χ1n) is 6.60. The number of rotatable bonds is 4. The van der Waals surface area contributed by atoms with E-state index in [1.807, 2.05) is 13.8 Å². The highest BCUT2D eigenvalue weighted by Crippen LogP contribution is 2.16. The Morgan fingerprint density at radius 2 is 1.82 bits per heavy atom.